The zero-order valence-electron chi connectivity index (χ0n) is 7.88. The van der Waals surface area contributed by atoms with Crippen molar-refractivity contribution in [3.8, 4) is 0 Å². The third kappa shape index (κ3) is 2.56. The van der Waals surface area contributed by atoms with Crippen molar-refractivity contribution < 1.29 is 4.42 Å². The van der Waals surface area contributed by atoms with E-state index < -0.39 is 0 Å². The lowest BCUT2D eigenvalue weighted by molar-refractivity contribution is 0.530. The van der Waals surface area contributed by atoms with Crippen molar-refractivity contribution in [2.24, 2.45) is 0 Å². The highest BCUT2D eigenvalue weighted by atomic mass is 79.9. The van der Waals surface area contributed by atoms with Gasteiger partial charge >= 0.3 is 6.01 Å². The van der Waals surface area contributed by atoms with E-state index in [1.165, 1.54) is 0 Å². The number of hydrogen-bond donors (Lipinski definition) is 1. The lowest BCUT2D eigenvalue weighted by Gasteiger charge is -2.06. The molecule has 4 nitrogen and oxygen atoms in total. The summed E-state index contributed by atoms with van der Waals surface area (Å²) in [6, 6.07) is 6.04. The zero-order valence-corrected chi connectivity index (χ0v) is 11.8. The Balaban J connectivity index is 2.26. The van der Waals surface area contributed by atoms with E-state index in [4.69, 9.17) is 16.0 Å². The molecule has 84 valence electrons. The molecule has 1 N–H and O–H groups in total. The van der Waals surface area contributed by atoms with Crippen molar-refractivity contribution in [1.29, 1.82) is 0 Å². The number of benzene rings is 1. The molecule has 0 saturated carbocycles. The first-order chi connectivity index (χ1) is 7.70. The summed E-state index contributed by atoms with van der Waals surface area (Å²) in [5, 5.41) is 10.6. The highest BCUT2D eigenvalue weighted by molar-refractivity contribution is 9.11. The first kappa shape index (κ1) is 11.9. The molecule has 0 saturated heterocycles. The van der Waals surface area contributed by atoms with Gasteiger partial charge in [0.1, 0.15) is 5.88 Å². The molecule has 16 heavy (non-hydrogen) atoms. The number of hydrogen-bond acceptors (Lipinski definition) is 4. The van der Waals surface area contributed by atoms with E-state index in [0.717, 1.165) is 14.6 Å². The molecular weight excluding hydrogens is 361 g/mol. The Morgan fingerprint density at radius 1 is 1.25 bits per heavy atom. The summed E-state index contributed by atoms with van der Waals surface area (Å²) >= 11 is 12.4. The molecule has 7 heteroatoms. The predicted octanol–water partition coefficient (Wildman–Crippen LogP) is 4.08. The zero-order chi connectivity index (χ0) is 11.5. The Labute approximate surface area is 114 Å². The maximum absolute atomic E-state index is 5.56. The summed E-state index contributed by atoms with van der Waals surface area (Å²) in [7, 11) is 0. The lowest BCUT2D eigenvalue weighted by atomic mass is 10.3. The highest BCUT2D eigenvalue weighted by Gasteiger charge is 2.09. The Bertz CT molecular complexity index is 483. The molecule has 1 heterocycles. The average Bonchev–Trinajstić information content (AvgIpc) is 2.71. The maximum atomic E-state index is 5.56. The molecule has 0 amide bonds. The summed E-state index contributed by atoms with van der Waals surface area (Å²) < 4.78 is 7.03. The summed E-state index contributed by atoms with van der Waals surface area (Å²) in [5.41, 5.74) is 0.826. The fraction of sp³-hybridized carbons (Fsp3) is 0.111. The number of nitrogens with zero attached hydrogens (tertiary/aromatic N) is 2. The van der Waals surface area contributed by atoms with Crippen LogP contribution in [-0.2, 0) is 5.88 Å². The minimum atomic E-state index is 0.200. The van der Waals surface area contributed by atoms with Crippen LogP contribution in [0.5, 0.6) is 0 Å². The number of alkyl halides is 1. The summed E-state index contributed by atoms with van der Waals surface area (Å²) in [6.45, 7) is 0. The largest absolute Gasteiger partial charge is 0.407 e. The van der Waals surface area contributed by atoms with Crippen LogP contribution in [0.1, 0.15) is 5.89 Å². The third-order valence-electron chi connectivity index (χ3n) is 1.78. The van der Waals surface area contributed by atoms with Gasteiger partial charge in [-0.15, -0.1) is 16.7 Å². The quantitative estimate of drug-likeness (QED) is 0.831. The minimum Gasteiger partial charge on any atom is -0.407 e. The molecule has 0 radical (unpaired) electrons. The van der Waals surface area contributed by atoms with Crippen LogP contribution >= 0.6 is 43.5 Å². The molecule has 2 aromatic rings. The Morgan fingerprint density at radius 2 is 1.94 bits per heavy atom. The monoisotopic (exact) mass is 365 g/mol. The maximum Gasteiger partial charge on any atom is 0.320 e. The van der Waals surface area contributed by atoms with Gasteiger partial charge in [0, 0.05) is 8.95 Å². The molecule has 0 spiro atoms. The fourth-order valence-corrected chi connectivity index (χ4v) is 2.39. The standard InChI is InChI=1S/C9H6Br2ClN3O/c10-5-2-1-3-6(11)8(5)13-9-15-14-7(4-12)16-9/h1-3H,4H2,(H,13,15). The van der Waals surface area contributed by atoms with E-state index in [1.807, 2.05) is 18.2 Å². The highest BCUT2D eigenvalue weighted by Crippen LogP contribution is 2.32. The molecule has 1 aromatic heterocycles. The van der Waals surface area contributed by atoms with Crippen molar-refractivity contribution in [1.82, 2.24) is 10.2 Å². The summed E-state index contributed by atoms with van der Waals surface area (Å²) in [5.74, 6) is 0.582. The second-order valence-corrected chi connectivity index (χ2v) is 4.83. The van der Waals surface area contributed by atoms with E-state index >= 15 is 0 Å². The molecule has 2 rings (SSSR count). The molecule has 0 aliphatic rings. The van der Waals surface area contributed by atoms with Gasteiger partial charge in [-0.05, 0) is 44.0 Å². The van der Waals surface area contributed by atoms with Gasteiger partial charge in [-0.3, -0.25) is 0 Å². The number of para-hydroxylation sites is 1. The van der Waals surface area contributed by atoms with Crippen LogP contribution < -0.4 is 5.32 Å². The average molecular weight is 367 g/mol. The van der Waals surface area contributed by atoms with Crippen molar-refractivity contribution in [3.05, 3.63) is 33.0 Å². The van der Waals surface area contributed by atoms with E-state index in [0.29, 0.717) is 11.9 Å². The van der Waals surface area contributed by atoms with Crippen LogP contribution in [-0.4, -0.2) is 10.2 Å². The first-order valence-corrected chi connectivity index (χ1v) is 6.42. The van der Waals surface area contributed by atoms with E-state index in [-0.39, 0.29) is 5.88 Å². The molecule has 1 aromatic carbocycles. The van der Waals surface area contributed by atoms with Crippen LogP contribution in [0.2, 0.25) is 0 Å². The molecule has 0 atom stereocenters. The van der Waals surface area contributed by atoms with E-state index in [2.05, 4.69) is 47.4 Å². The van der Waals surface area contributed by atoms with Gasteiger partial charge in [-0.1, -0.05) is 11.2 Å². The smallest absolute Gasteiger partial charge is 0.320 e. The van der Waals surface area contributed by atoms with Crippen LogP contribution in [0, 0.1) is 0 Å². The van der Waals surface area contributed by atoms with E-state index in [9.17, 15) is 0 Å². The molecule has 0 fully saturated rings. The van der Waals surface area contributed by atoms with Crippen LogP contribution in [0.4, 0.5) is 11.7 Å². The number of rotatable bonds is 3. The van der Waals surface area contributed by atoms with E-state index in [1.54, 1.807) is 0 Å². The molecule has 0 aliphatic heterocycles. The fourth-order valence-electron chi connectivity index (χ4n) is 1.08. The second kappa shape index (κ2) is 5.16. The molecular formula is C9H6Br2ClN3O. The van der Waals surface area contributed by atoms with Crippen molar-refractivity contribution >= 4 is 55.2 Å². The summed E-state index contributed by atoms with van der Waals surface area (Å²) in [4.78, 5) is 0. The second-order valence-electron chi connectivity index (χ2n) is 2.86. The van der Waals surface area contributed by atoms with Crippen molar-refractivity contribution in [2.75, 3.05) is 5.32 Å². The van der Waals surface area contributed by atoms with Crippen LogP contribution in [0.25, 0.3) is 0 Å². The number of halogens is 3. The normalized spacial score (nSPS) is 10.4. The Hall–Kier alpha value is -0.590. The van der Waals surface area contributed by atoms with Crippen molar-refractivity contribution in [3.63, 3.8) is 0 Å². The van der Waals surface area contributed by atoms with Gasteiger partial charge in [0.05, 0.1) is 5.69 Å². The van der Waals surface area contributed by atoms with Gasteiger partial charge in [-0.25, -0.2) is 0 Å². The molecule has 0 unspecified atom stereocenters. The van der Waals surface area contributed by atoms with Gasteiger partial charge in [-0.2, -0.15) is 0 Å². The van der Waals surface area contributed by atoms with Gasteiger partial charge in [0.25, 0.3) is 0 Å². The molecule has 0 aliphatic carbocycles. The molecule has 0 bridgehead atoms. The van der Waals surface area contributed by atoms with Crippen molar-refractivity contribution in [2.45, 2.75) is 5.88 Å². The third-order valence-corrected chi connectivity index (χ3v) is 3.33. The Kier molecular flexibility index (Phi) is 3.83. The summed E-state index contributed by atoms with van der Waals surface area (Å²) in [6.07, 6.45) is 0. The number of nitrogens with one attached hydrogen (secondary N) is 1. The van der Waals surface area contributed by atoms with Crippen LogP contribution in [0.3, 0.4) is 0 Å². The van der Waals surface area contributed by atoms with Gasteiger partial charge in [0.2, 0.25) is 5.89 Å². The predicted molar refractivity (Wildman–Crippen MR) is 69.0 cm³/mol. The number of anilines is 2. The lowest BCUT2D eigenvalue weighted by Crippen LogP contribution is -1.92. The SMILES string of the molecule is ClCc1nnc(Nc2c(Br)cccc2Br)o1. The first-order valence-electron chi connectivity index (χ1n) is 4.30. The van der Waals surface area contributed by atoms with Gasteiger partial charge < -0.3 is 9.73 Å². The topological polar surface area (TPSA) is 51.0 Å². The Morgan fingerprint density at radius 3 is 2.50 bits per heavy atom. The minimum absolute atomic E-state index is 0.200. The number of aromatic nitrogens is 2. The van der Waals surface area contributed by atoms with Gasteiger partial charge in [0.15, 0.2) is 0 Å². The van der Waals surface area contributed by atoms with Crippen LogP contribution in [0.15, 0.2) is 31.6 Å².